The summed E-state index contributed by atoms with van der Waals surface area (Å²) in [6.07, 6.45) is 3.67. The Morgan fingerprint density at radius 1 is 1.40 bits per heavy atom. The molecule has 0 aromatic rings. The van der Waals surface area contributed by atoms with Crippen LogP contribution in [0.1, 0.15) is 40.0 Å². The van der Waals surface area contributed by atoms with Crippen molar-refractivity contribution in [2.45, 2.75) is 46.1 Å². The number of nitrogens with one attached hydrogen (secondary N) is 2. The van der Waals surface area contributed by atoms with Crippen LogP contribution in [0.2, 0.25) is 0 Å². The van der Waals surface area contributed by atoms with Crippen molar-refractivity contribution in [1.82, 2.24) is 10.6 Å². The molecule has 3 nitrogen and oxygen atoms in total. The van der Waals surface area contributed by atoms with E-state index in [9.17, 15) is 4.79 Å². The summed E-state index contributed by atoms with van der Waals surface area (Å²) in [6.45, 7) is 7.88. The topological polar surface area (TPSA) is 41.1 Å². The zero-order valence-electron chi connectivity index (χ0n) is 10.2. The highest BCUT2D eigenvalue weighted by molar-refractivity contribution is 5.78. The first-order valence-corrected chi connectivity index (χ1v) is 6.13. The van der Waals surface area contributed by atoms with Gasteiger partial charge in [0.15, 0.2) is 0 Å². The van der Waals surface area contributed by atoms with Gasteiger partial charge in [0.25, 0.3) is 0 Å². The summed E-state index contributed by atoms with van der Waals surface area (Å²) in [5.74, 6) is 1.49. The number of hydrogen-bond donors (Lipinski definition) is 2. The van der Waals surface area contributed by atoms with Crippen LogP contribution in [-0.2, 0) is 4.79 Å². The molecule has 1 saturated carbocycles. The lowest BCUT2D eigenvalue weighted by Crippen LogP contribution is -2.42. The summed E-state index contributed by atoms with van der Waals surface area (Å²) < 4.78 is 0. The molecular weight excluding hydrogens is 188 g/mol. The van der Waals surface area contributed by atoms with E-state index in [1.165, 1.54) is 12.8 Å². The average Bonchev–Trinajstić information content (AvgIpc) is 2.97. The van der Waals surface area contributed by atoms with Crippen LogP contribution in [0.4, 0.5) is 0 Å². The minimum Gasteiger partial charge on any atom is -0.352 e. The highest BCUT2D eigenvalue weighted by atomic mass is 16.1. The standard InChI is InChI=1S/C12H24N2O/c1-4-11(9(2)3)14-12(15)8-13-7-10-5-6-10/h9-11,13H,4-8H2,1-3H3,(H,14,15). The summed E-state index contributed by atoms with van der Waals surface area (Å²) in [4.78, 5) is 11.5. The molecule has 1 rings (SSSR count). The molecule has 0 aromatic carbocycles. The van der Waals surface area contributed by atoms with Crippen molar-refractivity contribution in [3.63, 3.8) is 0 Å². The van der Waals surface area contributed by atoms with Gasteiger partial charge < -0.3 is 10.6 Å². The minimum atomic E-state index is 0.135. The van der Waals surface area contributed by atoms with Crippen molar-refractivity contribution in [2.75, 3.05) is 13.1 Å². The van der Waals surface area contributed by atoms with E-state index in [2.05, 4.69) is 31.4 Å². The van der Waals surface area contributed by atoms with E-state index in [4.69, 9.17) is 0 Å². The van der Waals surface area contributed by atoms with Crippen LogP contribution in [0.5, 0.6) is 0 Å². The van der Waals surface area contributed by atoms with Gasteiger partial charge in [-0.3, -0.25) is 4.79 Å². The fraction of sp³-hybridized carbons (Fsp3) is 0.917. The third-order valence-electron chi connectivity index (χ3n) is 3.01. The molecule has 0 aromatic heterocycles. The van der Waals surface area contributed by atoms with E-state index in [1.54, 1.807) is 0 Å². The average molecular weight is 212 g/mol. The lowest BCUT2D eigenvalue weighted by Gasteiger charge is -2.20. The fourth-order valence-electron chi connectivity index (χ4n) is 1.71. The van der Waals surface area contributed by atoms with Gasteiger partial charge in [-0.05, 0) is 37.6 Å². The van der Waals surface area contributed by atoms with Crippen molar-refractivity contribution in [2.24, 2.45) is 11.8 Å². The second-order valence-electron chi connectivity index (χ2n) is 4.90. The van der Waals surface area contributed by atoms with Crippen LogP contribution in [0.25, 0.3) is 0 Å². The third-order valence-corrected chi connectivity index (χ3v) is 3.01. The minimum absolute atomic E-state index is 0.135. The lowest BCUT2D eigenvalue weighted by molar-refractivity contribution is -0.121. The van der Waals surface area contributed by atoms with Crippen molar-refractivity contribution >= 4 is 5.91 Å². The highest BCUT2D eigenvalue weighted by Crippen LogP contribution is 2.27. The Morgan fingerprint density at radius 2 is 2.07 bits per heavy atom. The molecule has 3 heteroatoms. The van der Waals surface area contributed by atoms with Crippen LogP contribution in [0.15, 0.2) is 0 Å². The predicted molar refractivity (Wildman–Crippen MR) is 62.7 cm³/mol. The summed E-state index contributed by atoms with van der Waals surface area (Å²) >= 11 is 0. The molecule has 1 atom stereocenters. The summed E-state index contributed by atoms with van der Waals surface area (Å²) in [6, 6.07) is 0.320. The SMILES string of the molecule is CCC(NC(=O)CNCC1CC1)C(C)C. The maximum absolute atomic E-state index is 11.5. The molecular formula is C12H24N2O. The Labute approximate surface area is 93.0 Å². The molecule has 0 bridgehead atoms. The van der Waals surface area contributed by atoms with E-state index in [1.807, 2.05) is 0 Å². The largest absolute Gasteiger partial charge is 0.352 e. The first kappa shape index (κ1) is 12.5. The van der Waals surface area contributed by atoms with Crippen molar-refractivity contribution < 1.29 is 4.79 Å². The zero-order chi connectivity index (χ0) is 11.3. The van der Waals surface area contributed by atoms with Gasteiger partial charge in [-0.2, -0.15) is 0 Å². The molecule has 1 amide bonds. The second kappa shape index (κ2) is 6.11. The van der Waals surface area contributed by atoms with Gasteiger partial charge in [0, 0.05) is 6.04 Å². The van der Waals surface area contributed by atoms with E-state index < -0.39 is 0 Å². The summed E-state index contributed by atoms with van der Waals surface area (Å²) in [5.41, 5.74) is 0. The monoisotopic (exact) mass is 212 g/mol. The lowest BCUT2D eigenvalue weighted by atomic mass is 10.0. The molecule has 0 spiro atoms. The number of carbonyl (C=O) groups is 1. The van der Waals surface area contributed by atoms with Gasteiger partial charge in [-0.15, -0.1) is 0 Å². The molecule has 1 aliphatic carbocycles. The van der Waals surface area contributed by atoms with Gasteiger partial charge in [0.2, 0.25) is 5.91 Å². The van der Waals surface area contributed by atoms with Gasteiger partial charge in [0.1, 0.15) is 0 Å². The van der Waals surface area contributed by atoms with Gasteiger partial charge >= 0.3 is 0 Å². The fourth-order valence-corrected chi connectivity index (χ4v) is 1.71. The molecule has 2 N–H and O–H groups in total. The number of hydrogen-bond acceptors (Lipinski definition) is 2. The Kier molecular flexibility index (Phi) is 5.09. The molecule has 0 aliphatic heterocycles. The third kappa shape index (κ3) is 5.17. The second-order valence-corrected chi connectivity index (χ2v) is 4.90. The number of rotatable bonds is 7. The maximum Gasteiger partial charge on any atom is 0.234 e. The Morgan fingerprint density at radius 3 is 2.53 bits per heavy atom. The number of amides is 1. The first-order chi connectivity index (χ1) is 7.13. The van der Waals surface area contributed by atoms with Crippen LogP contribution >= 0.6 is 0 Å². The summed E-state index contributed by atoms with van der Waals surface area (Å²) in [5, 5.41) is 6.26. The quantitative estimate of drug-likeness (QED) is 0.672. The van der Waals surface area contributed by atoms with E-state index in [0.29, 0.717) is 18.5 Å². The van der Waals surface area contributed by atoms with Crippen molar-refractivity contribution in [1.29, 1.82) is 0 Å². The van der Waals surface area contributed by atoms with E-state index in [0.717, 1.165) is 18.9 Å². The Balaban J connectivity index is 2.09. The molecule has 0 saturated heterocycles. The van der Waals surface area contributed by atoms with E-state index >= 15 is 0 Å². The van der Waals surface area contributed by atoms with Crippen LogP contribution in [-0.4, -0.2) is 25.0 Å². The maximum atomic E-state index is 11.5. The normalized spacial score (nSPS) is 17.9. The molecule has 1 fully saturated rings. The Hall–Kier alpha value is -0.570. The molecule has 0 heterocycles. The van der Waals surface area contributed by atoms with Crippen LogP contribution in [0, 0.1) is 11.8 Å². The van der Waals surface area contributed by atoms with Crippen molar-refractivity contribution in [3.8, 4) is 0 Å². The molecule has 15 heavy (non-hydrogen) atoms. The molecule has 88 valence electrons. The first-order valence-electron chi connectivity index (χ1n) is 6.13. The van der Waals surface area contributed by atoms with E-state index in [-0.39, 0.29) is 5.91 Å². The Bertz CT molecular complexity index is 200. The highest BCUT2D eigenvalue weighted by Gasteiger charge is 2.21. The van der Waals surface area contributed by atoms with Crippen LogP contribution in [0.3, 0.4) is 0 Å². The predicted octanol–water partition coefficient (Wildman–Crippen LogP) is 1.54. The van der Waals surface area contributed by atoms with Crippen molar-refractivity contribution in [3.05, 3.63) is 0 Å². The smallest absolute Gasteiger partial charge is 0.234 e. The molecule has 1 aliphatic rings. The molecule has 0 radical (unpaired) electrons. The van der Waals surface area contributed by atoms with Gasteiger partial charge in [0.05, 0.1) is 6.54 Å². The summed E-state index contributed by atoms with van der Waals surface area (Å²) in [7, 11) is 0. The molecule has 1 unspecified atom stereocenters. The van der Waals surface area contributed by atoms with Gasteiger partial charge in [-0.1, -0.05) is 20.8 Å². The number of carbonyl (C=O) groups excluding carboxylic acids is 1. The zero-order valence-corrected chi connectivity index (χ0v) is 10.2. The van der Waals surface area contributed by atoms with Crippen LogP contribution < -0.4 is 10.6 Å². The van der Waals surface area contributed by atoms with Gasteiger partial charge in [-0.25, -0.2) is 0 Å².